The Morgan fingerprint density at radius 2 is 1.97 bits per heavy atom. The lowest BCUT2D eigenvalue weighted by atomic mass is 10.1. The van der Waals surface area contributed by atoms with Crippen LogP contribution in [0.5, 0.6) is 5.75 Å². The van der Waals surface area contributed by atoms with E-state index in [2.05, 4.69) is 5.32 Å². The number of nitrogens with zero attached hydrogens (tertiary/aromatic N) is 1. The fraction of sp³-hybridized carbons (Fsp3) is 0.300. The molecule has 2 unspecified atom stereocenters. The van der Waals surface area contributed by atoms with Gasteiger partial charge >= 0.3 is 0 Å². The fourth-order valence-corrected chi connectivity index (χ4v) is 4.94. The summed E-state index contributed by atoms with van der Waals surface area (Å²) in [6.07, 6.45) is 0. The molecule has 2 aromatic carbocycles. The third-order valence-corrected chi connectivity index (χ3v) is 6.83. The van der Waals surface area contributed by atoms with Crippen molar-refractivity contribution in [3.05, 3.63) is 59.4 Å². The number of piperazine rings is 1. The van der Waals surface area contributed by atoms with Gasteiger partial charge in [0.25, 0.3) is 5.91 Å². The number of rotatable bonds is 6. The fourth-order valence-electron chi connectivity index (χ4n) is 3.33. The molecule has 1 fully saturated rings. The molecule has 0 bridgehead atoms. The molecule has 1 saturated heterocycles. The Morgan fingerprint density at radius 1 is 1.29 bits per heavy atom. The SMILES string of the molecule is Cc1ccc(F)cc1COc1ccc(S(=O)(=O)N2CC(=O)NC(C)C2C(=O)NO)cc1. The van der Waals surface area contributed by atoms with Crippen molar-refractivity contribution < 1.29 is 32.3 Å². The Balaban J connectivity index is 1.80. The first-order valence-electron chi connectivity index (χ1n) is 9.36. The van der Waals surface area contributed by atoms with Crippen LogP contribution >= 0.6 is 0 Å². The van der Waals surface area contributed by atoms with Crippen LogP contribution in [0.1, 0.15) is 18.1 Å². The van der Waals surface area contributed by atoms with Gasteiger partial charge in [0.1, 0.15) is 24.2 Å². The molecule has 166 valence electrons. The summed E-state index contributed by atoms with van der Waals surface area (Å²) in [5.41, 5.74) is 2.95. The monoisotopic (exact) mass is 451 g/mol. The van der Waals surface area contributed by atoms with Crippen molar-refractivity contribution in [2.75, 3.05) is 6.54 Å². The van der Waals surface area contributed by atoms with Gasteiger partial charge in [-0.3, -0.25) is 14.8 Å². The molecule has 31 heavy (non-hydrogen) atoms. The van der Waals surface area contributed by atoms with Crippen molar-refractivity contribution in [1.29, 1.82) is 0 Å². The maximum Gasteiger partial charge on any atom is 0.263 e. The van der Waals surface area contributed by atoms with Crippen molar-refractivity contribution in [2.45, 2.75) is 37.4 Å². The number of aryl methyl sites for hydroxylation is 1. The Kier molecular flexibility index (Phi) is 6.58. The van der Waals surface area contributed by atoms with Crippen LogP contribution in [0.4, 0.5) is 4.39 Å². The Hall–Kier alpha value is -3.02. The minimum atomic E-state index is -4.23. The van der Waals surface area contributed by atoms with E-state index < -0.39 is 40.5 Å². The average Bonchev–Trinajstić information content (AvgIpc) is 2.73. The zero-order valence-corrected chi connectivity index (χ0v) is 17.6. The van der Waals surface area contributed by atoms with Crippen molar-refractivity contribution in [1.82, 2.24) is 15.1 Å². The van der Waals surface area contributed by atoms with Crippen molar-refractivity contribution in [3.8, 4) is 5.75 Å². The van der Waals surface area contributed by atoms with Crippen LogP contribution in [0.15, 0.2) is 47.4 Å². The van der Waals surface area contributed by atoms with Crippen LogP contribution in [0.3, 0.4) is 0 Å². The normalized spacial score (nSPS) is 19.5. The zero-order chi connectivity index (χ0) is 22.8. The lowest BCUT2D eigenvalue weighted by molar-refractivity contribution is -0.137. The van der Waals surface area contributed by atoms with Gasteiger partial charge in [-0.15, -0.1) is 0 Å². The molecule has 2 amide bonds. The lowest BCUT2D eigenvalue weighted by Gasteiger charge is -2.37. The van der Waals surface area contributed by atoms with Crippen LogP contribution in [0, 0.1) is 12.7 Å². The van der Waals surface area contributed by atoms with E-state index in [0.29, 0.717) is 11.3 Å². The van der Waals surface area contributed by atoms with E-state index in [9.17, 15) is 22.4 Å². The number of hydrogen-bond acceptors (Lipinski definition) is 6. The van der Waals surface area contributed by atoms with Gasteiger partial charge in [0.15, 0.2) is 0 Å². The molecule has 2 aromatic rings. The predicted octanol–water partition coefficient (Wildman–Crippen LogP) is 1.10. The largest absolute Gasteiger partial charge is 0.489 e. The van der Waals surface area contributed by atoms with E-state index in [1.165, 1.54) is 48.8 Å². The van der Waals surface area contributed by atoms with Crippen molar-refractivity contribution in [2.24, 2.45) is 0 Å². The highest BCUT2D eigenvalue weighted by atomic mass is 32.2. The maximum atomic E-state index is 13.4. The van der Waals surface area contributed by atoms with E-state index >= 15 is 0 Å². The van der Waals surface area contributed by atoms with E-state index in [4.69, 9.17) is 9.94 Å². The predicted molar refractivity (Wildman–Crippen MR) is 107 cm³/mol. The quantitative estimate of drug-likeness (QED) is 0.446. The molecule has 1 aliphatic rings. The summed E-state index contributed by atoms with van der Waals surface area (Å²) in [6.45, 7) is 2.81. The van der Waals surface area contributed by atoms with Crippen LogP contribution in [-0.2, 0) is 26.2 Å². The Labute approximate surface area is 178 Å². The summed E-state index contributed by atoms with van der Waals surface area (Å²) in [7, 11) is -4.23. The first-order chi connectivity index (χ1) is 14.6. The molecule has 2 atom stereocenters. The summed E-state index contributed by atoms with van der Waals surface area (Å²) in [5, 5.41) is 11.5. The standard InChI is InChI=1S/C20H22FN3O6S/c1-12-3-4-15(21)9-14(12)11-30-16-5-7-17(8-6-16)31(28,29)24-10-18(25)22-13(2)19(24)20(26)23-27/h3-9,13,19,27H,10-11H2,1-2H3,(H,22,25)(H,23,26). The van der Waals surface area contributed by atoms with Gasteiger partial charge in [-0.05, 0) is 61.4 Å². The van der Waals surface area contributed by atoms with E-state index in [1.54, 1.807) is 6.07 Å². The van der Waals surface area contributed by atoms with Crippen LogP contribution < -0.4 is 15.5 Å². The first-order valence-corrected chi connectivity index (χ1v) is 10.8. The maximum absolute atomic E-state index is 13.4. The third-order valence-electron chi connectivity index (χ3n) is 4.99. The zero-order valence-electron chi connectivity index (χ0n) is 16.8. The highest BCUT2D eigenvalue weighted by molar-refractivity contribution is 7.89. The second-order valence-electron chi connectivity index (χ2n) is 7.16. The van der Waals surface area contributed by atoms with Gasteiger partial charge in [0.2, 0.25) is 15.9 Å². The number of carbonyl (C=O) groups excluding carboxylic acids is 2. The molecule has 9 nitrogen and oxygen atoms in total. The van der Waals surface area contributed by atoms with Crippen molar-refractivity contribution in [3.63, 3.8) is 0 Å². The Bertz CT molecular complexity index is 1090. The number of nitrogens with one attached hydrogen (secondary N) is 2. The summed E-state index contributed by atoms with van der Waals surface area (Å²) in [6, 6.07) is 7.61. The number of sulfonamides is 1. The number of hydrogen-bond donors (Lipinski definition) is 3. The number of hydroxylamine groups is 1. The molecule has 1 heterocycles. The van der Waals surface area contributed by atoms with Crippen LogP contribution in [0.25, 0.3) is 0 Å². The molecule has 0 spiro atoms. The molecule has 0 aromatic heterocycles. The van der Waals surface area contributed by atoms with Gasteiger partial charge < -0.3 is 10.1 Å². The molecule has 0 radical (unpaired) electrons. The van der Waals surface area contributed by atoms with Gasteiger partial charge in [-0.2, -0.15) is 4.31 Å². The van der Waals surface area contributed by atoms with Crippen LogP contribution in [0.2, 0.25) is 0 Å². The minimum absolute atomic E-state index is 0.0955. The van der Waals surface area contributed by atoms with Gasteiger partial charge in [-0.1, -0.05) is 6.07 Å². The molecular weight excluding hydrogens is 429 g/mol. The van der Waals surface area contributed by atoms with E-state index in [0.717, 1.165) is 9.87 Å². The summed E-state index contributed by atoms with van der Waals surface area (Å²) < 4.78 is 45.9. The smallest absolute Gasteiger partial charge is 0.263 e. The number of carbonyl (C=O) groups is 2. The second kappa shape index (κ2) is 9.00. The number of halogens is 1. The van der Waals surface area contributed by atoms with Gasteiger partial charge in [0, 0.05) is 0 Å². The molecule has 3 N–H and O–H groups in total. The highest BCUT2D eigenvalue weighted by Gasteiger charge is 2.44. The number of benzene rings is 2. The first kappa shape index (κ1) is 22.7. The summed E-state index contributed by atoms with van der Waals surface area (Å²) in [4.78, 5) is 23.8. The number of amides is 2. The van der Waals surface area contributed by atoms with Gasteiger partial charge in [0.05, 0.1) is 17.5 Å². The minimum Gasteiger partial charge on any atom is -0.489 e. The van der Waals surface area contributed by atoms with E-state index in [-0.39, 0.29) is 17.3 Å². The number of ether oxygens (including phenoxy) is 1. The topological polar surface area (TPSA) is 125 Å². The molecule has 0 saturated carbocycles. The molecule has 1 aliphatic heterocycles. The lowest BCUT2D eigenvalue weighted by Crippen LogP contribution is -2.65. The average molecular weight is 451 g/mol. The summed E-state index contributed by atoms with van der Waals surface area (Å²) >= 11 is 0. The van der Waals surface area contributed by atoms with Gasteiger partial charge in [-0.25, -0.2) is 18.3 Å². The molecular formula is C20H22FN3O6S. The molecule has 3 rings (SSSR count). The van der Waals surface area contributed by atoms with E-state index in [1.807, 2.05) is 6.92 Å². The highest BCUT2D eigenvalue weighted by Crippen LogP contribution is 2.25. The molecule has 11 heteroatoms. The second-order valence-corrected chi connectivity index (χ2v) is 9.05. The van der Waals surface area contributed by atoms with Crippen LogP contribution in [-0.4, -0.2) is 48.4 Å². The molecule has 0 aliphatic carbocycles. The van der Waals surface area contributed by atoms with Crippen molar-refractivity contribution >= 4 is 21.8 Å². The Morgan fingerprint density at radius 3 is 2.61 bits per heavy atom. The summed E-state index contributed by atoms with van der Waals surface area (Å²) in [5.74, 6) is -1.55. The third kappa shape index (κ3) is 4.84.